The second-order valence-corrected chi connectivity index (χ2v) is 7.80. The predicted molar refractivity (Wildman–Crippen MR) is 111 cm³/mol. The Morgan fingerprint density at radius 2 is 1.97 bits per heavy atom. The molecule has 1 fully saturated rings. The van der Waals surface area contributed by atoms with E-state index in [9.17, 15) is 14.4 Å². The summed E-state index contributed by atoms with van der Waals surface area (Å²) in [6, 6.07) is 13.9. The van der Waals surface area contributed by atoms with Gasteiger partial charge in [0.25, 0.3) is 11.8 Å². The van der Waals surface area contributed by atoms with E-state index < -0.39 is 5.66 Å². The second-order valence-electron chi connectivity index (χ2n) is 7.36. The van der Waals surface area contributed by atoms with Crippen LogP contribution in [-0.2, 0) is 9.59 Å². The molecule has 2 heterocycles. The number of benzene rings is 2. The van der Waals surface area contributed by atoms with E-state index in [0.717, 1.165) is 5.56 Å². The number of hydrogen-bond acceptors (Lipinski definition) is 3. The molecule has 3 amide bonds. The number of carbonyl (C=O) groups excluding carboxylic acids is 3. The van der Waals surface area contributed by atoms with E-state index in [1.54, 1.807) is 36.4 Å². The van der Waals surface area contributed by atoms with Gasteiger partial charge in [-0.15, -0.1) is 0 Å². The summed E-state index contributed by atoms with van der Waals surface area (Å²) >= 11 is 6.08. The minimum absolute atomic E-state index is 0.158. The Morgan fingerprint density at radius 3 is 2.69 bits per heavy atom. The highest BCUT2D eigenvalue weighted by molar-refractivity contribution is 6.30. The summed E-state index contributed by atoms with van der Waals surface area (Å²) in [5, 5.41) is 3.59. The fraction of sp³-hybridized carbons (Fsp3) is 0.318. The van der Waals surface area contributed by atoms with E-state index >= 15 is 0 Å². The number of para-hydroxylation sites is 1. The van der Waals surface area contributed by atoms with Gasteiger partial charge in [-0.25, -0.2) is 0 Å². The molecule has 0 aromatic heterocycles. The van der Waals surface area contributed by atoms with Crippen molar-refractivity contribution in [3.05, 3.63) is 64.7 Å². The molecule has 0 spiro atoms. The van der Waals surface area contributed by atoms with Crippen molar-refractivity contribution in [2.24, 2.45) is 0 Å². The first-order valence-electron chi connectivity index (χ1n) is 9.70. The molecule has 2 aromatic carbocycles. The summed E-state index contributed by atoms with van der Waals surface area (Å²) < 4.78 is 0. The second kappa shape index (κ2) is 7.19. The van der Waals surface area contributed by atoms with Crippen LogP contribution in [0, 0.1) is 0 Å². The fourth-order valence-corrected chi connectivity index (χ4v) is 4.58. The van der Waals surface area contributed by atoms with Crippen LogP contribution in [0.5, 0.6) is 0 Å². The van der Waals surface area contributed by atoms with E-state index in [1.165, 1.54) is 9.80 Å². The van der Waals surface area contributed by atoms with Gasteiger partial charge in [0, 0.05) is 24.4 Å². The van der Waals surface area contributed by atoms with E-state index in [0.29, 0.717) is 22.8 Å². The minimum atomic E-state index is -1.36. The molecule has 150 valence electrons. The first-order chi connectivity index (χ1) is 13.9. The molecule has 2 aliphatic rings. The van der Waals surface area contributed by atoms with Crippen molar-refractivity contribution < 1.29 is 14.4 Å². The highest BCUT2D eigenvalue weighted by atomic mass is 35.5. The smallest absolute Gasteiger partial charge is 0.267 e. The first-order valence-corrected chi connectivity index (χ1v) is 10.1. The minimum Gasteiger partial charge on any atom is -0.346 e. The van der Waals surface area contributed by atoms with Crippen LogP contribution >= 0.6 is 11.6 Å². The zero-order chi connectivity index (χ0) is 20.8. The van der Waals surface area contributed by atoms with Gasteiger partial charge in [0.05, 0.1) is 17.3 Å². The Kier molecular flexibility index (Phi) is 4.82. The quantitative estimate of drug-likeness (QED) is 0.836. The molecule has 1 saturated heterocycles. The summed E-state index contributed by atoms with van der Waals surface area (Å²) in [7, 11) is 0. The van der Waals surface area contributed by atoms with Crippen molar-refractivity contribution in [3.8, 4) is 0 Å². The lowest BCUT2D eigenvalue weighted by Gasteiger charge is -2.49. The Morgan fingerprint density at radius 1 is 1.21 bits per heavy atom. The summed E-state index contributed by atoms with van der Waals surface area (Å²) in [6.07, 6.45) is 0.463. The largest absolute Gasteiger partial charge is 0.346 e. The summed E-state index contributed by atoms with van der Waals surface area (Å²) in [6.45, 7) is 3.99. The molecule has 0 radical (unpaired) electrons. The standard InChI is InChI=1S/C22H22ClN3O3/c1-3-25-20(28)17-9-4-5-10-18(17)26-19(27)11-12-22(25,26)21(29)24-14(2)15-7-6-8-16(23)13-15/h4-10,13-14H,3,11-12H2,1-2H3,(H,24,29)/t14-,22-/m1/s1. The molecular formula is C22H22ClN3O3. The van der Waals surface area contributed by atoms with Crippen LogP contribution in [0.2, 0.25) is 5.02 Å². The molecule has 1 N–H and O–H groups in total. The van der Waals surface area contributed by atoms with Gasteiger partial charge < -0.3 is 10.2 Å². The number of halogens is 1. The number of likely N-dealkylation sites (N-methyl/N-ethyl adjacent to an activating group) is 1. The van der Waals surface area contributed by atoms with Gasteiger partial charge >= 0.3 is 0 Å². The third kappa shape index (κ3) is 2.90. The Hall–Kier alpha value is -2.86. The third-order valence-electron chi connectivity index (χ3n) is 5.75. The van der Waals surface area contributed by atoms with Gasteiger partial charge in [-0.3, -0.25) is 19.3 Å². The molecule has 0 saturated carbocycles. The fourth-order valence-electron chi connectivity index (χ4n) is 4.38. The maximum Gasteiger partial charge on any atom is 0.267 e. The molecule has 2 aliphatic heterocycles. The Bertz CT molecular complexity index is 1010. The van der Waals surface area contributed by atoms with Crippen LogP contribution in [0.15, 0.2) is 48.5 Å². The average molecular weight is 412 g/mol. The summed E-state index contributed by atoms with van der Waals surface area (Å²) in [5.41, 5.74) is 0.430. The Balaban J connectivity index is 1.76. The molecule has 6 nitrogen and oxygen atoms in total. The molecule has 0 aliphatic carbocycles. The lowest BCUT2D eigenvalue weighted by Crippen LogP contribution is -2.70. The lowest BCUT2D eigenvalue weighted by atomic mass is 9.95. The maximum atomic E-state index is 13.6. The topological polar surface area (TPSA) is 69.7 Å². The average Bonchev–Trinajstić information content (AvgIpc) is 3.07. The highest BCUT2D eigenvalue weighted by Crippen LogP contribution is 2.44. The maximum absolute atomic E-state index is 13.6. The monoisotopic (exact) mass is 411 g/mol. The normalized spacial score (nSPS) is 21.6. The molecule has 2 aromatic rings. The molecular weight excluding hydrogens is 390 g/mol. The van der Waals surface area contributed by atoms with E-state index in [4.69, 9.17) is 11.6 Å². The van der Waals surface area contributed by atoms with Gasteiger partial charge in [-0.2, -0.15) is 0 Å². The molecule has 4 rings (SSSR count). The van der Waals surface area contributed by atoms with Crippen molar-refractivity contribution in [3.63, 3.8) is 0 Å². The van der Waals surface area contributed by atoms with Crippen LogP contribution < -0.4 is 10.2 Å². The van der Waals surface area contributed by atoms with Gasteiger partial charge in [0.2, 0.25) is 11.6 Å². The molecule has 0 unspecified atom stereocenters. The third-order valence-corrected chi connectivity index (χ3v) is 5.99. The van der Waals surface area contributed by atoms with Crippen LogP contribution in [-0.4, -0.2) is 34.8 Å². The predicted octanol–water partition coefficient (Wildman–Crippen LogP) is 3.52. The number of rotatable bonds is 4. The number of amides is 3. The first kappa shape index (κ1) is 19.5. The van der Waals surface area contributed by atoms with Crippen LogP contribution in [0.25, 0.3) is 0 Å². The van der Waals surface area contributed by atoms with E-state index in [1.807, 2.05) is 26.0 Å². The van der Waals surface area contributed by atoms with E-state index in [2.05, 4.69) is 5.32 Å². The zero-order valence-electron chi connectivity index (χ0n) is 16.3. The Labute approximate surface area is 174 Å². The lowest BCUT2D eigenvalue weighted by molar-refractivity contribution is -0.134. The summed E-state index contributed by atoms with van der Waals surface area (Å²) in [5.74, 6) is -0.755. The van der Waals surface area contributed by atoms with Crippen molar-refractivity contribution in [2.75, 3.05) is 11.4 Å². The van der Waals surface area contributed by atoms with Gasteiger partial charge in [-0.1, -0.05) is 35.9 Å². The van der Waals surface area contributed by atoms with Gasteiger partial charge in [0.1, 0.15) is 0 Å². The van der Waals surface area contributed by atoms with E-state index in [-0.39, 0.29) is 36.6 Å². The molecule has 29 heavy (non-hydrogen) atoms. The molecule has 0 bridgehead atoms. The van der Waals surface area contributed by atoms with Gasteiger partial charge in [-0.05, 0) is 43.7 Å². The zero-order valence-corrected chi connectivity index (χ0v) is 17.1. The number of carbonyl (C=O) groups is 3. The van der Waals surface area contributed by atoms with Crippen LogP contribution in [0.1, 0.15) is 48.7 Å². The summed E-state index contributed by atoms with van der Waals surface area (Å²) in [4.78, 5) is 42.7. The van der Waals surface area contributed by atoms with Crippen molar-refractivity contribution in [1.29, 1.82) is 0 Å². The number of fused-ring (bicyclic) bond motifs is 3. The number of hydrogen-bond donors (Lipinski definition) is 1. The van der Waals surface area contributed by atoms with Crippen molar-refractivity contribution >= 4 is 35.0 Å². The SMILES string of the molecule is CCN1C(=O)c2ccccc2N2C(=O)CC[C@@]12C(=O)N[C@H](C)c1cccc(Cl)c1. The number of nitrogens with one attached hydrogen (secondary N) is 1. The van der Waals surface area contributed by atoms with Gasteiger partial charge in [0.15, 0.2) is 0 Å². The number of nitrogens with zero attached hydrogens (tertiary/aromatic N) is 2. The van der Waals surface area contributed by atoms with Crippen molar-refractivity contribution in [1.82, 2.24) is 10.2 Å². The highest BCUT2D eigenvalue weighted by Gasteiger charge is 2.60. The molecule has 2 atom stereocenters. The number of anilines is 1. The molecule has 7 heteroatoms. The van der Waals surface area contributed by atoms with Crippen LogP contribution in [0.3, 0.4) is 0 Å². The van der Waals surface area contributed by atoms with Crippen molar-refractivity contribution in [2.45, 2.75) is 38.4 Å². The van der Waals surface area contributed by atoms with Crippen LogP contribution in [0.4, 0.5) is 5.69 Å².